The molecule has 1 amide bonds. The molecule has 3 rings (SSSR count). The number of amides is 1. The molecule has 0 spiro atoms. The zero-order valence-electron chi connectivity index (χ0n) is 10.8. The maximum atomic E-state index is 12.0. The Kier molecular flexibility index (Phi) is 3.86. The number of thiophene rings is 1. The van der Waals surface area contributed by atoms with E-state index in [1.54, 1.807) is 0 Å². The van der Waals surface area contributed by atoms with Crippen molar-refractivity contribution in [1.82, 2.24) is 15.5 Å². The van der Waals surface area contributed by atoms with Crippen LogP contribution in [0.15, 0.2) is 14.3 Å². The molecule has 0 aromatic carbocycles. The average Bonchev–Trinajstić information content (AvgIpc) is 3.11. The van der Waals surface area contributed by atoms with Gasteiger partial charge in [-0.05, 0) is 53.9 Å². The van der Waals surface area contributed by atoms with E-state index in [1.807, 2.05) is 13.0 Å². The van der Waals surface area contributed by atoms with E-state index in [4.69, 9.17) is 4.42 Å². The topological polar surface area (TPSA) is 80.0 Å². The van der Waals surface area contributed by atoms with Crippen LogP contribution in [-0.2, 0) is 0 Å². The molecule has 6 nitrogen and oxygen atoms in total. The van der Waals surface area contributed by atoms with Crippen molar-refractivity contribution in [2.24, 2.45) is 0 Å². The minimum absolute atomic E-state index is 0.103. The highest BCUT2D eigenvalue weighted by molar-refractivity contribution is 9.11. The van der Waals surface area contributed by atoms with Gasteiger partial charge in [-0.25, -0.2) is 0 Å². The van der Waals surface area contributed by atoms with Gasteiger partial charge in [0.25, 0.3) is 5.91 Å². The van der Waals surface area contributed by atoms with E-state index in [1.165, 1.54) is 11.3 Å². The summed E-state index contributed by atoms with van der Waals surface area (Å²) in [6, 6.07) is 2.06. The summed E-state index contributed by atoms with van der Waals surface area (Å²) in [5.74, 6) is 0.291. The predicted octanol–water partition coefficient (Wildman–Crippen LogP) is 2.88. The number of hydrogen-bond donors (Lipinski definition) is 2. The number of nitrogens with zero attached hydrogens (tertiary/aromatic N) is 2. The zero-order valence-corrected chi connectivity index (χ0v) is 13.2. The lowest BCUT2D eigenvalue weighted by atomic mass is 10.2. The van der Waals surface area contributed by atoms with Gasteiger partial charge in [0, 0.05) is 0 Å². The van der Waals surface area contributed by atoms with E-state index in [2.05, 4.69) is 36.8 Å². The van der Waals surface area contributed by atoms with Crippen LogP contribution in [-0.4, -0.2) is 22.6 Å². The van der Waals surface area contributed by atoms with E-state index >= 15 is 0 Å². The number of aryl methyl sites for hydroxylation is 1. The van der Waals surface area contributed by atoms with Crippen LogP contribution < -0.4 is 10.6 Å². The molecule has 1 fully saturated rings. The molecule has 8 heteroatoms. The molecule has 20 heavy (non-hydrogen) atoms. The molecule has 2 aromatic heterocycles. The number of rotatable bonds is 3. The van der Waals surface area contributed by atoms with E-state index in [-0.39, 0.29) is 18.0 Å². The molecule has 1 aliphatic heterocycles. The van der Waals surface area contributed by atoms with Crippen molar-refractivity contribution >= 4 is 39.2 Å². The standard InChI is InChI=1S/C12H13BrN4O2S/c1-6-5-8(20-9(6)13)10(18)15-12-17-16-11(19-12)7-3-2-4-14-7/h5,7,14H,2-4H2,1H3,(H,15,17,18). The van der Waals surface area contributed by atoms with Gasteiger partial charge >= 0.3 is 6.01 Å². The summed E-state index contributed by atoms with van der Waals surface area (Å²) < 4.78 is 6.42. The highest BCUT2D eigenvalue weighted by Crippen LogP contribution is 2.28. The predicted molar refractivity (Wildman–Crippen MR) is 79.0 cm³/mol. The molecule has 0 radical (unpaired) electrons. The van der Waals surface area contributed by atoms with Gasteiger partial charge in [0.1, 0.15) is 0 Å². The molecular weight excluding hydrogens is 344 g/mol. The Balaban J connectivity index is 1.69. The van der Waals surface area contributed by atoms with Crippen LogP contribution in [0.4, 0.5) is 6.01 Å². The van der Waals surface area contributed by atoms with Gasteiger partial charge in [0.05, 0.1) is 14.7 Å². The number of halogens is 1. The molecular formula is C12H13BrN4O2S. The van der Waals surface area contributed by atoms with Crippen LogP contribution in [0.5, 0.6) is 0 Å². The summed E-state index contributed by atoms with van der Waals surface area (Å²) in [6.45, 7) is 2.89. The third kappa shape index (κ3) is 2.77. The van der Waals surface area contributed by atoms with Crippen LogP contribution in [0.2, 0.25) is 0 Å². The summed E-state index contributed by atoms with van der Waals surface area (Å²) >= 11 is 4.77. The van der Waals surface area contributed by atoms with Crippen LogP contribution in [0, 0.1) is 6.92 Å². The fourth-order valence-corrected chi connectivity index (χ4v) is 3.48. The van der Waals surface area contributed by atoms with Gasteiger partial charge < -0.3 is 9.73 Å². The molecule has 3 heterocycles. The molecule has 1 aliphatic rings. The van der Waals surface area contributed by atoms with Crippen molar-refractivity contribution in [1.29, 1.82) is 0 Å². The Labute approximate surface area is 128 Å². The van der Waals surface area contributed by atoms with Crippen LogP contribution in [0.1, 0.15) is 40.0 Å². The smallest absolute Gasteiger partial charge is 0.322 e. The molecule has 2 aromatic rings. The molecule has 2 N–H and O–H groups in total. The van der Waals surface area contributed by atoms with Gasteiger partial charge in [0.15, 0.2) is 0 Å². The number of anilines is 1. The van der Waals surface area contributed by atoms with E-state index in [0.717, 1.165) is 28.7 Å². The van der Waals surface area contributed by atoms with Crippen molar-refractivity contribution < 1.29 is 9.21 Å². The fourth-order valence-electron chi connectivity index (χ4n) is 2.05. The third-order valence-electron chi connectivity index (χ3n) is 3.10. The number of carbonyl (C=O) groups is 1. The SMILES string of the molecule is Cc1cc(C(=O)Nc2nnc(C3CCCN3)o2)sc1Br. The van der Waals surface area contributed by atoms with Crippen molar-refractivity contribution in [3.63, 3.8) is 0 Å². The van der Waals surface area contributed by atoms with E-state index in [9.17, 15) is 4.79 Å². The summed E-state index contributed by atoms with van der Waals surface area (Å²) in [5, 5.41) is 13.7. The normalized spacial score (nSPS) is 18.4. The van der Waals surface area contributed by atoms with Gasteiger partial charge in [-0.2, -0.15) is 0 Å². The second-order valence-corrected chi connectivity index (χ2v) is 6.99. The first-order chi connectivity index (χ1) is 9.63. The van der Waals surface area contributed by atoms with E-state index < -0.39 is 0 Å². The molecule has 0 aliphatic carbocycles. The highest BCUT2D eigenvalue weighted by atomic mass is 79.9. The first-order valence-corrected chi connectivity index (χ1v) is 7.88. The molecule has 106 valence electrons. The number of carbonyl (C=O) groups excluding carboxylic acids is 1. The Hall–Kier alpha value is -1.25. The lowest BCUT2D eigenvalue weighted by molar-refractivity contribution is 0.102. The maximum Gasteiger partial charge on any atom is 0.322 e. The summed E-state index contributed by atoms with van der Waals surface area (Å²) in [4.78, 5) is 12.6. The van der Waals surface area contributed by atoms with Gasteiger partial charge in [-0.1, -0.05) is 5.10 Å². The molecule has 0 saturated carbocycles. The summed E-state index contributed by atoms with van der Waals surface area (Å²) in [7, 11) is 0. The number of aromatic nitrogens is 2. The second-order valence-electron chi connectivity index (χ2n) is 4.62. The monoisotopic (exact) mass is 356 g/mol. The van der Waals surface area contributed by atoms with Crippen molar-refractivity contribution in [2.75, 3.05) is 11.9 Å². The minimum atomic E-state index is -0.238. The zero-order chi connectivity index (χ0) is 14.1. The van der Waals surface area contributed by atoms with Crippen molar-refractivity contribution in [2.45, 2.75) is 25.8 Å². The Bertz CT molecular complexity index is 614. The fraction of sp³-hybridized carbons (Fsp3) is 0.417. The lowest BCUT2D eigenvalue weighted by Gasteiger charge is -2.02. The van der Waals surface area contributed by atoms with Gasteiger partial charge in [-0.3, -0.25) is 10.1 Å². The minimum Gasteiger partial charge on any atom is -0.406 e. The molecule has 1 unspecified atom stereocenters. The maximum absolute atomic E-state index is 12.0. The quantitative estimate of drug-likeness (QED) is 0.883. The average molecular weight is 357 g/mol. The van der Waals surface area contributed by atoms with Crippen LogP contribution in [0.3, 0.4) is 0 Å². The highest BCUT2D eigenvalue weighted by Gasteiger charge is 2.23. The van der Waals surface area contributed by atoms with Crippen molar-refractivity contribution in [3.05, 3.63) is 26.2 Å². The first kappa shape index (κ1) is 13.7. The van der Waals surface area contributed by atoms with Crippen molar-refractivity contribution in [3.8, 4) is 0 Å². The molecule has 0 bridgehead atoms. The van der Waals surface area contributed by atoms with Crippen LogP contribution in [0.25, 0.3) is 0 Å². The lowest BCUT2D eigenvalue weighted by Crippen LogP contribution is -2.13. The van der Waals surface area contributed by atoms with Crippen LogP contribution >= 0.6 is 27.3 Å². The largest absolute Gasteiger partial charge is 0.406 e. The van der Waals surface area contributed by atoms with Gasteiger partial charge in [0.2, 0.25) is 5.89 Å². The Morgan fingerprint density at radius 1 is 1.60 bits per heavy atom. The first-order valence-electron chi connectivity index (χ1n) is 6.27. The summed E-state index contributed by atoms with van der Waals surface area (Å²) in [5.41, 5.74) is 1.03. The molecule has 1 atom stereocenters. The second kappa shape index (κ2) is 5.63. The Morgan fingerprint density at radius 3 is 3.10 bits per heavy atom. The third-order valence-corrected chi connectivity index (χ3v) is 5.24. The molecule has 1 saturated heterocycles. The number of hydrogen-bond acceptors (Lipinski definition) is 6. The summed E-state index contributed by atoms with van der Waals surface area (Å²) in [6.07, 6.45) is 2.07. The number of nitrogens with one attached hydrogen (secondary N) is 2. The Morgan fingerprint density at radius 2 is 2.45 bits per heavy atom. The van der Waals surface area contributed by atoms with Gasteiger partial charge in [-0.15, -0.1) is 16.4 Å². The van der Waals surface area contributed by atoms with E-state index in [0.29, 0.717) is 10.8 Å².